The first kappa shape index (κ1) is 28.6. The van der Waals surface area contributed by atoms with Crippen LogP contribution >= 0.6 is 0 Å². The third-order valence-electron chi connectivity index (χ3n) is 7.80. The van der Waals surface area contributed by atoms with Gasteiger partial charge in [-0.25, -0.2) is 9.13 Å². The van der Waals surface area contributed by atoms with Gasteiger partial charge in [0.05, 0.1) is 13.2 Å². The van der Waals surface area contributed by atoms with E-state index in [0.717, 1.165) is 56.2 Å². The van der Waals surface area contributed by atoms with Gasteiger partial charge in [0.15, 0.2) is 0 Å². The highest BCUT2D eigenvalue weighted by Crippen LogP contribution is 2.49. The second-order valence-electron chi connectivity index (χ2n) is 9.91. The standard InChI is InChI=1S/C30H37N3O3.BrH/c1-23-32(18-10-5-11-21-36-24(2)34)19-20-33(23)28-17-16-27(22-28)30(29(31)35,25-12-6-3-7-13-25)26-14-8-4-9-15-26;/h3-4,6-9,12-15,19-20,27-28H,5,10-11,16-18,21-22H2,1-2H3,(H-,31,35);1H. The Kier molecular flexibility index (Phi) is 10.1. The number of hydrogen-bond donors (Lipinski definition) is 1. The summed E-state index contributed by atoms with van der Waals surface area (Å²) in [6.45, 7) is 5.05. The fourth-order valence-corrected chi connectivity index (χ4v) is 6.05. The molecule has 0 bridgehead atoms. The van der Waals surface area contributed by atoms with Crippen molar-refractivity contribution in [2.75, 3.05) is 6.61 Å². The molecule has 2 atom stereocenters. The lowest BCUT2D eigenvalue weighted by Gasteiger charge is -2.37. The van der Waals surface area contributed by atoms with Crippen molar-refractivity contribution in [3.63, 3.8) is 0 Å². The van der Waals surface area contributed by atoms with Crippen LogP contribution < -0.4 is 27.3 Å². The number of halogens is 1. The van der Waals surface area contributed by atoms with E-state index in [2.05, 4.69) is 28.5 Å². The zero-order chi connectivity index (χ0) is 25.5. The Morgan fingerprint density at radius 3 is 2.19 bits per heavy atom. The van der Waals surface area contributed by atoms with Crippen LogP contribution in [-0.2, 0) is 26.3 Å². The van der Waals surface area contributed by atoms with E-state index in [0.29, 0.717) is 12.6 Å². The molecule has 2 aromatic carbocycles. The fraction of sp³-hybridized carbons (Fsp3) is 0.433. The van der Waals surface area contributed by atoms with Gasteiger partial charge in [-0.2, -0.15) is 0 Å². The van der Waals surface area contributed by atoms with Crippen LogP contribution in [0.3, 0.4) is 0 Å². The van der Waals surface area contributed by atoms with E-state index < -0.39 is 5.41 Å². The molecule has 3 aromatic rings. The van der Waals surface area contributed by atoms with Gasteiger partial charge in [0.1, 0.15) is 23.9 Å². The molecule has 1 heterocycles. The van der Waals surface area contributed by atoms with E-state index in [9.17, 15) is 9.59 Å². The molecule has 0 aliphatic heterocycles. The Balaban J connectivity index is 0.00000380. The topological polar surface area (TPSA) is 78.2 Å². The Morgan fingerprint density at radius 1 is 1.00 bits per heavy atom. The van der Waals surface area contributed by atoms with Crippen molar-refractivity contribution in [3.8, 4) is 0 Å². The van der Waals surface area contributed by atoms with Gasteiger partial charge in [-0.15, -0.1) is 0 Å². The molecular formula is C30H38BrN3O3. The summed E-state index contributed by atoms with van der Waals surface area (Å²) >= 11 is 0. The number of nitrogens with zero attached hydrogens (tertiary/aromatic N) is 2. The first-order valence-corrected chi connectivity index (χ1v) is 13.1. The van der Waals surface area contributed by atoms with Crippen LogP contribution in [-0.4, -0.2) is 23.1 Å². The molecule has 4 rings (SSSR count). The van der Waals surface area contributed by atoms with Crippen molar-refractivity contribution < 1.29 is 35.9 Å². The Hall–Kier alpha value is -2.93. The number of rotatable bonds is 11. The average Bonchev–Trinajstić information content (AvgIpc) is 3.50. The zero-order valence-corrected chi connectivity index (χ0v) is 23.4. The smallest absolute Gasteiger partial charge is 0.302 e. The fourth-order valence-electron chi connectivity index (χ4n) is 6.05. The van der Waals surface area contributed by atoms with E-state index >= 15 is 0 Å². The number of carbonyl (C=O) groups excluding carboxylic acids is 2. The summed E-state index contributed by atoms with van der Waals surface area (Å²) < 4.78 is 9.70. The summed E-state index contributed by atoms with van der Waals surface area (Å²) in [4.78, 5) is 24.2. The van der Waals surface area contributed by atoms with Gasteiger partial charge in [0.25, 0.3) is 5.82 Å². The molecule has 1 fully saturated rings. The molecule has 198 valence electrons. The molecule has 1 aliphatic rings. The highest BCUT2D eigenvalue weighted by molar-refractivity contribution is 5.91. The number of ether oxygens (including phenoxy) is 1. The lowest BCUT2D eigenvalue weighted by molar-refractivity contribution is -0.703. The largest absolute Gasteiger partial charge is 1.00 e. The van der Waals surface area contributed by atoms with Crippen molar-refractivity contribution in [3.05, 3.63) is 90.0 Å². The predicted octanol–water partition coefficient (Wildman–Crippen LogP) is 1.63. The number of aryl methyl sites for hydroxylation is 1. The molecule has 0 spiro atoms. The summed E-state index contributed by atoms with van der Waals surface area (Å²) in [5.74, 6) is 0.844. The van der Waals surface area contributed by atoms with E-state index in [1.54, 1.807) is 0 Å². The van der Waals surface area contributed by atoms with Crippen molar-refractivity contribution in [2.45, 2.75) is 70.4 Å². The number of esters is 1. The van der Waals surface area contributed by atoms with Crippen LogP contribution in [0.4, 0.5) is 0 Å². The highest BCUT2D eigenvalue weighted by atomic mass is 79.9. The van der Waals surface area contributed by atoms with Crippen molar-refractivity contribution in [2.24, 2.45) is 11.7 Å². The number of nitrogens with two attached hydrogens (primary N) is 1. The number of carbonyl (C=O) groups is 2. The van der Waals surface area contributed by atoms with Gasteiger partial charge in [0, 0.05) is 13.8 Å². The minimum absolute atomic E-state index is 0. The second-order valence-corrected chi connectivity index (χ2v) is 9.91. The lowest BCUT2D eigenvalue weighted by Crippen LogP contribution is -3.00. The number of unbranched alkanes of at least 4 members (excludes halogenated alkanes) is 2. The van der Waals surface area contributed by atoms with Crippen LogP contribution in [0.5, 0.6) is 0 Å². The molecule has 2 unspecified atom stereocenters. The summed E-state index contributed by atoms with van der Waals surface area (Å²) in [6.07, 6.45) is 10.1. The SMILES string of the molecule is CC(=O)OCCCCC[n+]1ccn(C2CCC(C(C(N)=O)(c3ccccc3)c3ccccc3)C2)c1C.[Br-]. The molecule has 2 N–H and O–H groups in total. The Labute approximate surface area is 230 Å². The van der Waals surface area contributed by atoms with E-state index in [-0.39, 0.29) is 34.8 Å². The van der Waals surface area contributed by atoms with Gasteiger partial charge in [-0.3, -0.25) is 9.59 Å². The minimum atomic E-state index is -0.851. The molecule has 1 aromatic heterocycles. The first-order chi connectivity index (χ1) is 17.4. The van der Waals surface area contributed by atoms with Gasteiger partial charge in [0.2, 0.25) is 5.91 Å². The molecule has 1 amide bonds. The number of primary amides is 1. The summed E-state index contributed by atoms with van der Waals surface area (Å²) in [6, 6.07) is 20.4. The third kappa shape index (κ3) is 6.15. The molecule has 1 aliphatic carbocycles. The molecule has 6 nitrogen and oxygen atoms in total. The zero-order valence-electron chi connectivity index (χ0n) is 21.8. The normalized spacial score (nSPS) is 17.2. The van der Waals surface area contributed by atoms with Gasteiger partial charge >= 0.3 is 5.97 Å². The number of imidazole rings is 1. The van der Waals surface area contributed by atoms with Crippen LogP contribution in [0.1, 0.15) is 68.4 Å². The predicted molar refractivity (Wildman–Crippen MR) is 139 cm³/mol. The summed E-state index contributed by atoms with van der Waals surface area (Å²) in [5, 5.41) is 0. The van der Waals surface area contributed by atoms with E-state index in [1.807, 2.05) is 60.7 Å². The quantitative estimate of drug-likeness (QED) is 0.217. The molecule has 0 radical (unpaired) electrons. The minimum Gasteiger partial charge on any atom is -1.00 e. The Morgan fingerprint density at radius 2 is 1.62 bits per heavy atom. The number of amides is 1. The van der Waals surface area contributed by atoms with Crippen molar-refractivity contribution >= 4 is 11.9 Å². The lowest BCUT2D eigenvalue weighted by atomic mass is 9.64. The highest BCUT2D eigenvalue weighted by Gasteiger charge is 2.51. The maximum atomic E-state index is 13.3. The number of hydrogen-bond acceptors (Lipinski definition) is 3. The van der Waals surface area contributed by atoms with Gasteiger partial charge in [-0.1, -0.05) is 60.7 Å². The van der Waals surface area contributed by atoms with E-state index in [1.165, 1.54) is 12.7 Å². The molecular weight excluding hydrogens is 530 g/mol. The third-order valence-corrected chi connectivity index (χ3v) is 7.80. The second kappa shape index (κ2) is 13.0. The monoisotopic (exact) mass is 567 g/mol. The number of aromatic nitrogens is 2. The number of benzene rings is 2. The van der Waals surface area contributed by atoms with Crippen molar-refractivity contribution in [1.29, 1.82) is 0 Å². The van der Waals surface area contributed by atoms with E-state index in [4.69, 9.17) is 10.5 Å². The molecule has 7 heteroatoms. The van der Waals surface area contributed by atoms with Crippen molar-refractivity contribution in [1.82, 2.24) is 4.57 Å². The van der Waals surface area contributed by atoms with Gasteiger partial charge in [-0.05, 0) is 55.6 Å². The molecule has 0 saturated heterocycles. The van der Waals surface area contributed by atoms with Crippen LogP contribution in [0.2, 0.25) is 0 Å². The maximum absolute atomic E-state index is 13.3. The molecule has 1 saturated carbocycles. The Bertz CT molecular complexity index is 1120. The van der Waals surface area contributed by atoms with Crippen LogP contribution in [0.25, 0.3) is 0 Å². The first-order valence-electron chi connectivity index (χ1n) is 13.1. The van der Waals surface area contributed by atoms with Crippen LogP contribution in [0.15, 0.2) is 73.1 Å². The van der Waals surface area contributed by atoms with Crippen LogP contribution in [0, 0.1) is 12.8 Å². The summed E-state index contributed by atoms with van der Waals surface area (Å²) in [5.41, 5.74) is 7.36. The van der Waals surface area contributed by atoms with Gasteiger partial charge < -0.3 is 27.5 Å². The molecule has 37 heavy (non-hydrogen) atoms. The maximum Gasteiger partial charge on any atom is 0.302 e. The average molecular weight is 569 g/mol. The summed E-state index contributed by atoms with van der Waals surface area (Å²) in [7, 11) is 0.